The Morgan fingerprint density at radius 3 is 2.71 bits per heavy atom. The zero-order valence-electron chi connectivity index (χ0n) is 8.90. The molecule has 2 unspecified atom stereocenters. The molecule has 0 radical (unpaired) electrons. The summed E-state index contributed by atoms with van der Waals surface area (Å²) in [6.45, 7) is 4.48. The van der Waals surface area contributed by atoms with Crippen molar-refractivity contribution in [2.24, 2.45) is 11.8 Å². The quantitative estimate of drug-likeness (QED) is 0.722. The van der Waals surface area contributed by atoms with Crippen molar-refractivity contribution in [1.82, 2.24) is 0 Å². The third-order valence-corrected chi connectivity index (χ3v) is 3.37. The molecule has 0 aliphatic heterocycles. The van der Waals surface area contributed by atoms with Gasteiger partial charge in [0.25, 0.3) is 0 Å². The van der Waals surface area contributed by atoms with E-state index >= 15 is 0 Å². The lowest BCUT2D eigenvalue weighted by Gasteiger charge is -2.31. The molecule has 0 aromatic heterocycles. The van der Waals surface area contributed by atoms with Crippen LogP contribution in [-0.4, -0.2) is 5.11 Å². The van der Waals surface area contributed by atoms with Crippen LogP contribution in [0.1, 0.15) is 37.5 Å². The lowest BCUT2D eigenvalue weighted by Crippen LogP contribution is -2.22. The summed E-state index contributed by atoms with van der Waals surface area (Å²) in [5, 5.41) is 9.98. The standard InChI is InChI=1S/C13H18O/c1-9(2)11-7-10-5-3-4-6-12(10)13(14)8-11/h3-6,9,11,13-14H,7-8H2,1-2H3. The fourth-order valence-corrected chi connectivity index (χ4v) is 2.33. The maximum absolute atomic E-state index is 9.98. The Morgan fingerprint density at radius 1 is 1.29 bits per heavy atom. The first-order chi connectivity index (χ1) is 6.68. The van der Waals surface area contributed by atoms with Gasteiger partial charge in [0.05, 0.1) is 6.10 Å². The van der Waals surface area contributed by atoms with E-state index in [0.29, 0.717) is 11.8 Å². The summed E-state index contributed by atoms with van der Waals surface area (Å²) in [6.07, 6.45) is 1.81. The van der Waals surface area contributed by atoms with Gasteiger partial charge in [-0.25, -0.2) is 0 Å². The third-order valence-electron chi connectivity index (χ3n) is 3.37. The molecule has 2 rings (SSSR count). The van der Waals surface area contributed by atoms with Gasteiger partial charge in [0, 0.05) is 0 Å². The summed E-state index contributed by atoms with van der Waals surface area (Å²) in [6, 6.07) is 8.27. The van der Waals surface area contributed by atoms with Gasteiger partial charge in [-0.1, -0.05) is 38.1 Å². The second-order valence-electron chi connectivity index (χ2n) is 4.66. The molecule has 0 bridgehead atoms. The molecule has 1 nitrogen and oxygen atoms in total. The second kappa shape index (κ2) is 3.74. The molecular weight excluding hydrogens is 172 g/mol. The predicted molar refractivity (Wildman–Crippen MR) is 58.1 cm³/mol. The zero-order chi connectivity index (χ0) is 10.1. The molecule has 0 heterocycles. The van der Waals surface area contributed by atoms with Crippen LogP contribution < -0.4 is 0 Å². The SMILES string of the molecule is CC(C)C1Cc2ccccc2C(O)C1. The van der Waals surface area contributed by atoms with Crippen molar-refractivity contribution in [3.63, 3.8) is 0 Å². The molecular formula is C13H18O. The van der Waals surface area contributed by atoms with Crippen LogP contribution in [0.4, 0.5) is 0 Å². The Balaban J connectivity index is 2.29. The Kier molecular flexibility index (Phi) is 2.60. The number of fused-ring (bicyclic) bond motifs is 1. The molecule has 2 atom stereocenters. The van der Waals surface area contributed by atoms with Crippen LogP contribution in [-0.2, 0) is 6.42 Å². The summed E-state index contributed by atoms with van der Waals surface area (Å²) in [5.41, 5.74) is 2.48. The van der Waals surface area contributed by atoms with Gasteiger partial charge in [-0.2, -0.15) is 0 Å². The highest BCUT2D eigenvalue weighted by Gasteiger charge is 2.26. The second-order valence-corrected chi connectivity index (χ2v) is 4.66. The molecule has 1 aromatic carbocycles. The van der Waals surface area contributed by atoms with Crippen molar-refractivity contribution >= 4 is 0 Å². The van der Waals surface area contributed by atoms with Crippen LogP contribution in [0.5, 0.6) is 0 Å². The highest BCUT2D eigenvalue weighted by molar-refractivity contribution is 5.31. The lowest BCUT2D eigenvalue weighted by molar-refractivity contribution is 0.117. The highest BCUT2D eigenvalue weighted by atomic mass is 16.3. The van der Waals surface area contributed by atoms with Crippen LogP contribution in [0.15, 0.2) is 24.3 Å². The van der Waals surface area contributed by atoms with Gasteiger partial charge in [0.2, 0.25) is 0 Å². The van der Waals surface area contributed by atoms with E-state index in [0.717, 1.165) is 18.4 Å². The van der Waals surface area contributed by atoms with E-state index in [9.17, 15) is 5.11 Å². The number of aliphatic hydroxyl groups is 1. The van der Waals surface area contributed by atoms with E-state index in [1.54, 1.807) is 0 Å². The van der Waals surface area contributed by atoms with Crippen molar-refractivity contribution in [3.05, 3.63) is 35.4 Å². The average molecular weight is 190 g/mol. The Hall–Kier alpha value is -0.820. The topological polar surface area (TPSA) is 20.2 Å². The van der Waals surface area contributed by atoms with Crippen LogP contribution in [0.3, 0.4) is 0 Å². The molecule has 14 heavy (non-hydrogen) atoms. The van der Waals surface area contributed by atoms with Gasteiger partial charge in [-0.05, 0) is 35.8 Å². The Labute approximate surface area is 85.8 Å². The maximum atomic E-state index is 9.98. The molecule has 1 aliphatic carbocycles. The van der Waals surface area contributed by atoms with Crippen molar-refractivity contribution in [2.75, 3.05) is 0 Å². The van der Waals surface area contributed by atoms with Gasteiger partial charge in [0.1, 0.15) is 0 Å². The van der Waals surface area contributed by atoms with E-state index in [1.807, 2.05) is 6.07 Å². The van der Waals surface area contributed by atoms with Crippen LogP contribution in [0.25, 0.3) is 0 Å². The molecule has 0 fully saturated rings. The van der Waals surface area contributed by atoms with Crippen LogP contribution in [0, 0.1) is 11.8 Å². The number of hydrogen-bond donors (Lipinski definition) is 1. The fraction of sp³-hybridized carbons (Fsp3) is 0.538. The number of aliphatic hydroxyl groups excluding tert-OH is 1. The van der Waals surface area contributed by atoms with E-state index in [-0.39, 0.29) is 6.10 Å². The largest absolute Gasteiger partial charge is 0.388 e. The molecule has 1 N–H and O–H groups in total. The summed E-state index contributed by atoms with van der Waals surface area (Å²) in [4.78, 5) is 0. The first-order valence-electron chi connectivity index (χ1n) is 5.44. The zero-order valence-corrected chi connectivity index (χ0v) is 8.90. The van der Waals surface area contributed by atoms with E-state index < -0.39 is 0 Å². The summed E-state index contributed by atoms with van der Waals surface area (Å²) in [7, 11) is 0. The molecule has 0 spiro atoms. The van der Waals surface area contributed by atoms with Gasteiger partial charge in [-0.3, -0.25) is 0 Å². The Morgan fingerprint density at radius 2 is 2.00 bits per heavy atom. The number of benzene rings is 1. The summed E-state index contributed by atoms with van der Waals surface area (Å²) >= 11 is 0. The van der Waals surface area contributed by atoms with Gasteiger partial charge >= 0.3 is 0 Å². The molecule has 0 saturated carbocycles. The number of rotatable bonds is 1. The predicted octanol–water partition coefficient (Wildman–Crippen LogP) is 2.94. The minimum Gasteiger partial charge on any atom is -0.388 e. The first kappa shape index (κ1) is 9.72. The van der Waals surface area contributed by atoms with E-state index in [2.05, 4.69) is 32.0 Å². The van der Waals surface area contributed by atoms with Gasteiger partial charge in [-0.15, -0.1) is 0 Å². The maximum Gasteiger partial charge on any atom is 0.0795 e. The summed E-state index contributed by atoms with van der Waals surface area (Å²) < 4.78 is 0. The molecule has 0 saturated heterocycles. The first-order valence-corrected chi connectivity index (χ1v) is 5.44. The molecule has 1 aliphatic rings. The Bertz CT molecular complexity index is 317. The normalized spacial score (nSPS) is 26.3. The van der Waals surface area contributed by atoms with E-state index in [4.69, 9.17) is 0 Å². The lowest BCUT2D eigenvalue weighted by atomic mass is 9.77. The average Bonchev–Trinajstić information content (AvgIpc) is 2.17. The van der Waals surface area contributed by atoms with Crippen molar-refractivity contribution in [2.45, 2.75) is 32.8 Å². The number of hydrogen-bond acceptors (Lipinski definition) is 1. The van der Waals surface area contributed by atoms with Gasteiger partial charge < -0.3 is 5.11 Å². The van der Waals surface area contributed by atoms with Crippen molar-refractivity contribution < 1.29 is 5.11 Å². The van der Waals surface area contributed by atoms with Crippen LogP contribution in [0.2, 0.25) is 0 Å². The molecule has 1 heteroatoms. The van der Waals surface area contributed by atoms with Gasteiger partial charge in [0.15, 0.2) is 0 Å². The summed E-state index contributed by atoms with van der Waals surface area (Å²) in [5.74, 6) is 1.30. The highest BCUT2D eigenvalue weighted by Crippen LogP contribution is 2.36. The smallest absolute Gasteiger partial charge is 0.0795 e. The molecule has 1 aromatic rings. The van der Waals surface area contributed by atoms with Crippen molar-refractivity contribution in [1.29, 1.82) is 0 Å². The minimum absolute atomic E-state index is 0.243. The van der Waals surface area contributed by atoms with E-state index in [1.165, 1.54) is 5.56 Å². The monoisotopic (exact) mass is 190 g/mol. The fourth-order valence-electron chi connectivity index (χ4n) is 2.33. The van der Waals surface area contributed by atoms with Crippen LogP contribution >= 0.6 is 0 Å². The van der Waals surface area contributed by atoms with Crippen molar-refractivity contribution in [3.8, 4) is 0 Å². The molecule has 0 amide bonds. The molecule has 76 valence electrons. The minimum atomic E-state index is -0.243. The third kappa shape index (κ3) is 1.69.